The Morgan fingerprint density at radius 1 is 1.32 bits per heavy atom. The van der Waals surface area contributed by atoms with Crippen molar-refractivity contribution in [2.75, 3.05) is 30.8 Å². The molecule has 0 bridgehead atoms. The van der Waals surface area contributed by atoms with Crippen LogP contribution in [0.5, 0.6) is 0 Å². The van der Waals surface area contributed by atoms with Crippen LogP contribution in [0.1, 0.15) is 26.6 Å². The summed E-state index contributed by atoms with van der Waals surface area (Å²) in [4.78, 5) is 20.2. The van der Waals surface area contributed by atoms with Crippen molar-refractivity contribution >= 4 is 17.5 Å². The highest BCUT2D eigenvalue weighted by molar-refractivity contribution is 5.80. The minimum absolute atomic E-state index is 0.0311. The first-order chi connectivity index (χ1) is 9.05. The summed E-state index contributed by atoms with van der Waals surface area (Å²) in [5.74, 6) is 2.58. The number of nitrogens with one attached hydrogen (secondary N) is 3. The van der Waals surface area contributed by atoms with Crippen LogP contribution in [0, 0.1) is 5.92 Å². The lowest BCUT2D eigenvalue weighted by Gasteiger charge is -2.10. The Morgan fingerprint density at radius 2 is 2.00 bits per heavy atom. The SMILES string of the molecule is CCc1nc(NC)cc(NCC(=O)NCC(C)C)n1. The number of hydrogen-bond donors (Lipinski definition) is 3. The van der Waals surface area contributed by atoms with Gasteiger partial charge in [0.1, 0.15) is 17.5 Å². The number of carbonyl (C=O) groups is 1. The highest BCUT2D eigenvalue weighted by Crippen LogP contribution is 2.10. The lowest BCUT2D eigenvalue weighted by Crippen LogP contribution is -2.32. The molecule has 6 heteroatoms. The summed E-state index contributed by atoms with van der Waals surface area (Å²) < 4.78 is 0. The Kier molecular flexibility index (Phi) is 6.05. The fourth-order valence-corrected chi connectivity index (χ4v) is 1.43. The van der Waals surface area contributed by atoms with Crippen molar-refractivity contribution in [2.45, 2.75) is 27.2 Å². The number of aryl methyl sites for hydroxylation is 1. The second kappa shape index (κ2) is 7.56. The van der Waals surface area contributed by atoms with Crippen molar-refractivity contribution in [3.63, 3.8) is 0 Å². The summed E-state index contributed by atoms with van der Waals surface area (Å²) in [6, 6.07) is 1.79. The summed E-state index contributed by atoms with van der Waals surface area (Å²) in [7, 11) is 1.81. The third kappa shape index (κ3) is 5.54. The van der Waals surface area contributed by atoms with Gasteiger partial charge in [0, 0.05) is 26.1 Å². The molecule has 1 rings (SSSR count). The standard InChI is InChI=1S/C13H23N5O/c1-5-10-17-11(14-4)6-12(18-10)15-8-13(19)16-7-9(2)3/h6,9H,5,7-8H2,1-4H3,(H,16,19)(H2,14,15,17,18). The molecule has 1 heterocycles. The second-order valence-electron chi connectivity index (χ2n) is 4.71. The van der Waals surface area contributed by atoms with Gasteiger partial charge in [-0.2, -0.15) is 0 Å². The maximum Gasteiger partial charge on any atom is 0.239 e. The van der Waals surface area contributed by atoms with Crippen LogP contribution in [0.2, 0.25) is 0 Å². The molecule has 0 aliphatic heterocycles. The number of nitrogens with zero attached hydrogens (tertiary/aromatic N) is 2. The van der Waals surface area contributed by atoms with Crippen molar-refractivity contribution in [2.24, 2.45) is 5.92 Å². The van der Waals surface area contributed by atoms with E-state index in [1.807, 2.05) is 6.92 Å². The molecular formula is C13H23N5O. The molecule has 6 nitrogen and oxygen atoms in total. The summed E-state index contributed by atoms with van der Waals surface area (Å²) in [5, 5.41) is 8.84. The van der Waals surface area contributed by atoms with Crippen LogP contribution < -0.4 is 16.0 Å². The molecule has 1 aromatic heterocycles. The zero-order chi connectivity index (χ0) is 14.3. The first-order valence-corrected chi connectivity index (χ1v) is 6.61. The van der Waals surface area contributed by atoms with Gasteiger partial charge in [-0.1, -0.05) is 20.8 Å². The Hall–Kier alpha value is -1.85. The van der Waals surface area contributed by atoms with Crippen molar-refractivity contribution < 1.29 is 4.79 Å². The quantitative estimate of drug-likeness (QED) is 0.692. The van der Waals surface area contributed by atoms with E-state index in [0.717, 1.165) is 18.1 Å². The van der Waals surface area contributed by atoms with E-state index >= 15 is 0 Å². The Bertz CT molecular complexity index is 397. The lowest BCUT2D eigenvalue weighted by atomic mass is 10.2. The minimum atomic E-state index is -0.0311. The predicted octanol–water partition coefficient (Wildman–Crippen LogP) is 1.26. The average molecular weight is 265 g/mol. The molecule has 0 aliphatic carbocycles. The van der Waals surface area contributed by atoms with Gasteiger partial charge in [-0.05, 0) is 5.92 Å². The zero-order valence-corrected chi connectivity index (χ0v) is 12.1. The minimum Gasteiger partial charge on any atom is -0.373 e. The van der Waals surface area contributed by atoms with Crippen LogP contribution in [-0.2, 0) is 11.2 Å². The molecular weight excluding hydrogens is 242 g/mol. The van der Waals surface area contributed by atoms with Gasteiger partial charge in [0.25, 0.3) is 0 Å². The lowest BCUT2D eigenvalue weighted by molar-refractivity contribution is -0.119. The maximum atomic E-state index is 11.6. The summed E-state index contributed by atoms with van der Waals surface area (Å²) in [6.45, 7) is 7.02. The molecule has 106 valence electrons. The molecule has 0 saturated heterocycles. The Morgan fingerprint density at radius 3 is 2.58 bits per heavy atom. The second-order valence-corrected chi connectivity index (χ2v) is 4.71. The predicted molar refractivity (Wildman–Crippen MR) is 77.3 cm³/mol. The third-order valence-electron chi connectivity index (χ3n) is 2.48. The van der Waals surface area contributed by atoms with E-state index in [1.54, 1.807) is 13.1 Å². The van der Waals surface area contributed by atoms with Crippen LogP contribution in [-0.4, -0.2) is 36.0 Å². The highest BCUT2D eigenvalue weighted by atomic mass is 16.1. The van der Waals surface area contributed by atoms with Crippen molar-refractivity contribution in [1.29, 1.82) is 0 Å². The number of aromatic nitrogens is 2. The fraction of sp³-hybridized carbons (Fsp3) is 0.615. The van der Waals surface area contributed by atoms with Crippen molar-refractivity contribution in [1.82, 2.24) is 15.3 Å². The van der Waals surface area contributed by atoms with Gasteiger partial charge in [0.05, 0.1) is 6.54 Å². The van der Waals surface area contributed by atoms with E-state index in [9.17, 15) is 4.79 Å². The van der Waals surface area contributed by atoms with Crippen molar-refractivity contribution in [3.8, 4) is 0 Å². The molecule has 0 spiro atoms. The van der Waals surface area contributed by atoms with Gasteiger partial charge in [-0.15, -0.1) is 0 Å². The van der Waals surface area contributed by atoms with Gasteiger partial charge in [0.2, 0.25) is 5.91 Å². The van der Waals surface area contributed by atoms with E-state index in [-0.39, 0.29) is 12.5 Å². The zero-order valence-electron chi connectivity index (χ0n) is 12.1. The fourth-order valence-electron chi connectivity index (χ4n) is 1.43. The number of hydrogen-bond acceptors (Lipinski definition) is 5. The van der Waals surface area contributed by atoms with E-state index < -0.39 is 0 Å². The number of anilines is 2. The van der Waals surface area contributed by atoms with Crippen LogP contribution in [0.15, 0.2) is 6.07 Å². The molecule has 0 radical (unpaired) electrons. The molecule has 3 N–H and O–H groups in total. The van der Waals surface area contributed by atoms with Crippen LogP contribution >= 0.6 is 0 Å². The first-order valence-electron chi connectivity index (χ1n) is 6.61. The molecule has 19 heavy (non-hydrogen) atoms. The summed E-state index contributed by atoms with van der Waals surface area (Å²) >= 11 is 0. The van der Waals surface area contributed by atoms with Crippen molar-refractivity contribution in [3.05, 3.63) is 11.9 Å². The topological polar surface area (TPSA) is 78.9 Å². The van der Waals surface area contributed by atoms with E-state index in [0.29, 0.717) is 18.3 Å². The molecule has 0 saturated carbocycles. The summed E-state index contributed by atoms with van der Waals surface area (Å²) in [5.41, 5.74) is 0. The van der Waals surface area contributed by atoms with E-state index in [4.69, 9.17) is 0 Å². The Balaban J connectivity index is 2.54. The Labute approximate surface area is 114 Å². The number of carbonyl (C=O) groups excluding carboxylic acids is 1. The normalized spacial score (nSPS) is 10.4. The molecule has 1 amide bonds. The van der Waals surface area contributed by atoms with Crippen LogP contribution in [0.25, 0.3) is 0 Å². The summed E-state index contributed by atoms with van der Waals surface area (Å²) in [6.07, 6.45) is 0.754. The molecule has 0 atom stereocenters. The molecule has 0 aromatic carbocycles. The van der Waals surface area contributed by atoms with Crippen LogP contribution in [0.3, 0.4) is 0 Å². The number of amides is 1. The van der Waals surface area contributed by atoms with Gasteiger partial charge >= 0.3 is 0 Å². The molecule has 1 aromatic rings. The van der Waals surface area contributed by atoms with Gasteiger partial charge in [-0.3, -0.25) is 4.79 Å². The average Bonchev–Trinajstić information content (AvgIpc) is 2.42. The smallest absolute Gasteiger partial charge is 0.239 e. The third-order valence-corrected chi connectivity index (χ3v) is 2.48. The van der Waals surface area contributed by atoms with Crippen LogP contribution in [0.4, 0.5) is 11.6 Å². The van der Waals surface area contributed by atoms with Gasteiger partial charge in [-0.25, -0.2) is 9.97 Å². The highest BCUT2D eigenvalue weighted by Gasteiger charge is 2.05. The van der Waals surface area contributed by atoms with Gasteiger partial charge in [0.15, 0.2) is 0 Å². The van der Waals surface area contributed by atoms with E-state index in [1.165, 1.54) is 0 Å². The first kappa shape index (κ1) is 15.2. The molecule has 0 fully saturated rings. The van der Waals surface area contributed by atoms with E-state index in [2.05, 4.69) is 39.8 Å². The largest absolute Gasteiger partial charge is 0.373 e. The van der Waals surface area contributed by atoms with Gasteiger partial charge < -0.3 is 16.0 Å². The maximum absolute atomic E-state index is 11.6. The number of rotatable bonds is 7. The molecule has 0 unspecified atom stereocenters. The molecule has 0 aliphatic rings. The monoisotopic (exact) mass is 265 g/mol.